The van der Waals surface area contributed by atoms with Gasteiger partial charge in [0.25, 0.3) is 0 Å². The molecule has 1 heterocycles. The number of carbonyl (C=O) groups excluding carboxylic acids is 1. The van der Waals surface area contributed by atoms with Gasteiger partial charge >= 0.3 is 0 Å². The smallest absolute Gasteiger partial charge is 0.237 e. The number of aromatic nitrogens is 1. The van der Waals surface area contributed by atoms with E-state index in [-0.39, 0.29) is 18.1 Å². The molecule has 0 spiro atoms. The molecule has 1 unspecified atom stereocenters. The summed E-state index contributed by atoms with van der Waals surface area (Å²) in [5.74, 6) is 0.422. The topological polar surface area (TPSA) is 75.0 Å². The maximum Gasteiger partial charge on any atom is 0.237 e. The molecule has 5 nitrogen and oxygen atoms in total. The van der Waals surface area contributed by atoms with Crippen molar-refractivity contribution in [3.05, 3.63) is 23.9 Å². The summed E-state index contributed by atoms with van der Waals surface area (Å²) >= 11 is 5.74. The van der Waals surface area contributed by atoms with Crippen LogP contribution in [0.3, 0.4) is 0 Å². The maximum absolute atomic E-state index is 11.5. The second-order valence-corrected chi connectivity index (χ2v) is 5.87. The van der Waals surface area contributed by atoms with Gasteiger partial charge in [-0.3, -0.25) is 4.79 Å². The first-order chi connectivity index (χ1) is 10.1. The minimum atomic E-state index is -0.498. The second kappa shape index (κ2) is 7.28. The lowest BCUT2D eigenvalue weighted by molar-refractivity contribution is -0.121. The van der Waals surface area contributed by atoms with Gasteiger partial charge in [-0.25, -0.2) is 4.98 Å². The van der Waals surface area contributed by atoms with Crippen molar-refractivity contribution in [2.45, 2.75) is 50.1 Å². The molecule has 0 aromatic carbocycles. The number of rotatable bonds is 4. The van der Waals surface area contributed by atoms with Gasteiger partial charge in [-0.05, 0) is 38.7 Å². The van der Waals surface area contributed by atoms with Crippen LogP contribution in [0.1, 0.15) is 38.2 Å². The van der Waals surface area contributed by atoms with Gasteiger partial charge in [-0.15, -0.1) is 11.6 Å². The van der Waals surface area contributed by atoms with Crippen molar-refractivity contribution in [1.82, 2.24) is 10.3 Å². The first kappa shape index (κ1) is 15.6. The largest absolute Gasteiger partial charge is 0.474 e. The fourth-order valence-corrected chi connectivity index (χ4v) is 2.39. The molecule has 1 aromatic rings. The zero-order chi connectivity index (χ0) is 15.2. The summed E-state index contributed by atoms with van der Waals surface area (Å²) in [7, 11) is 0. The van der Waals surface area contributed by atoms with Crippen molar-refractivity contribution in [1.29, 1.82) is 5.26 Å². The molecule has 0 saturated heterocycles. The Bertz CT molecular complexity index is 517. The Kier molecular flexibility index (Phi) is 5.40. The second-order valence-electron chi connectivity index (χ2n) is 5.21. The summed E-state index contributed by atoms with van der Waals surface area (Å²) < 4.78 is 5.80. The third kappa shape index (κ3) is 4.61. The summed E-state index contributed by atoms with van der Waals surface area (Å²) in [4.78, 5) is 15.6. The Morgan fingerprint density at radius 2 is 2.19 bits per heavy atom. The molecular formula is C15H18ClN3O2. The van der Waals surface area contributed by atoms with Gasteiger partial charge < -0.3 is 10.1 Å². The van der Waals surface area contributed by atoms with Crippen molar-refractivity contribution in [2.24, 2.45) is 0 Å². The normalized spacial score (nSPS) is 22.9. The van der Waals surface area contributed by atoms with Crippen LogP contribution in [0.4, 0.5) is 0 Å². The predicted molar refractivity (Wildman–Crippen MR) is 79.1 cm³/mol. The van der Waals surface area contributed by atoms with Crippen LogP contribution in [0.5, 0.6) is 5.88 Å². The van der Waals surface area contributed by atoms with E-state index >= 15 is 0 Å². The minimum absolute atomic E-state index is 0.104. The van der Waals surface area contributed by atoms with E-state index in [1.807, 2.05) is 6.07 Å². The predicted octanol–water partition coefficient (Wildman–Crippen LogP) is 2.39. The van der Waals surface area contributed by atoms with Crippen molar-refractivity contribution < 1.29 is 9.53 Å². The van der Waals surface area contributed by atoms with Crippen LogP contribution >= 0.6 is 11.6 Å². The van der Waals surface area contributed by atoms with Gasteiger partial charge in [0.2, 0.25) is 11.8 Å². The Morgan fingerprint density at radius 1 is 1.48 bits per heavy atom. The first-order valence-electron chi connectivity index (χ1n) is 7.05. The van der Waals surface area contributed by atoms with Crippen LogP contribution in [-0.2, 0) is 4.79 Å². The number of nitrogens with one attached hydrogen (secondary N) is 1. The number of hydrogen-bond acceptors (Lipinski definition) is 4. The van der Waals surface area contributed by atoms with E-state index in [1.54, 1.807) is 19.1 Å². The summed E-state index contributed by atoms with van der Waals surface area (Å²) in [6.45, 7) is 1.67. The van der Waals surface area contributed by atoms with E-state index in [9.17, 15) is 4.79 Å². The number of halogens is 1. The molecule has 0 bridgehead atoms. The molecule has 21 heavy (non-hydrogen) atoms. The van der Waals surface area contributed by atoms with Crippen molar-refractivity contribution >= 4 is 17.5 Å². The van der Waals surface area contributed by atoms with Gasteiger partial charge in [0.15, 0.2) is 0 Å². The molecule has 6 heteroatoms. The van der Waals surface area contributed by atoms with Crippen LogP contribution in [0.15, 0.2) is 18.3 Å². The fraction of sp³-hybridized carbons (Fsp3) is 0.533. The highest BCUT2D eigenvalue weighted by molar-refractivity contribution is 6.30. The van der Waals surface area contributed by atoms with E-state index in [0.29, 0.717) is 11.4 Å². The maximum atomic E-state index is 11.5. The molecule has 0 aliphatic heterocycles. The van der Waals surface area contributed by atoms with Crippen molar-refractivity contribution in [3.8, 4) is 11.9 Å². The molecule has 1 atom stereocenters. The number of hydrogen-bond donors (Lipinski definition) is 1. The third-order valence-corrected chi connectivity index (χ3v) is 3.73. The summed E-state index contributed by atoms with van der Waals surface area (Å²) in [6, 6.07) is 5.60. The molecule has 1 fully saturated rings. The average molecular weight is 308 g/mol. The lowest BCUT2D eigenvalue weighted by Gasteiger charge is -2.29. The van der Waals surface area contributed by atoms with Crippen molar-refractivity contribution in [3.63, 3.8) is 0 Å². The number of carbonyl (C=O) groups is 1. The highest BCUT2D eigenvalue weighted by Gasteiger charge is 2.24. The molecule has 112 valence electrons. The van der Waals surface area contributed by atoms with E-state index in [0.717, 1.165) is 25.7 Å². The van der Waals surface area contributed by atoms with E-state index < -0.39 is 5.38 Å². The number of pyridine rings is 1. The molecule has 0 radical (unpaired) electrons. The van der Waals surface area contributed by atoms with E-state index in [4.69, 9.17) is 21.6 Å². The van der Waals surface area contributed by atoms with Gasteiger partial charge in [-0.1, -0.05) is 0 Å². The molecule has 1 aliphatic rings. The fourth-order valence-electron chi connectivity index (χ4n) is 2.33. The molecule has 1 aromatic heterocycles. The number of nitriles is 1. The van der Waals surface area contributed by atoms with Gasteiger partial charge in [-0.2, -0.15) is 5.26 Å². The number of alkyl halides is 1. The zero-order valence-corrected chi connectivity index (χ0v) is 12.6. The van der Waals surface area contributed by atoms with Gasteiger partial charge in [0, 0.05) is 18.3 Å². The van der Waals surface area contributed by atoms with Gasteiger partial charge in [0.05, 0.1) is 5.56 Å². The van der Waals surface area contributed by atoms with Crippen LogP contribution in [0, 0.1) is 11.3 Å². The third-order valence-electron chi connectivity index (χ3n) is 3.53. The number of ether oxygens (including phenoxy) is 1. The zero-order valence-electron chi connectivity index (χ0n) is 11.9. The standard InChI is InChI=1S/C15H18ClN3O2/c1-10(16)15(20)19-12-3-5-13(6-4-12)21-14-7-2-11(8-17)9-18-14/h2,7,9-10,12-13H,3-6H2,1H3,(H,19,20). The lowest BCUT2D eigenvalue weighted by atomic mass is 9.93. The quantitative estimate of drug-likeness (QED) is 0.867. The lowest BCUT2D eigenvalue weighted by Crippen LogP contribution is -2.42. The summed E-state index contributed by atoms with van der Waals surface area (Å²) in [5.41, 5.74) is 0.518. The molecule has 1 amide bonds. The number of amides is 1. The average Bonchev–Trinajstić information content (AvgIpc) is 2.50. The molecule has 1 N–H and O–H groups in total. The van der Waals surface area contributed by atoms with E-state index in [1.165, 1.54) is 6.20 Å². The highest BCUT2D eigenvalue weighted by atomic mass is 35.5. The molecule has 1 aliphatic carbocycles. The monoisotopic (exact) mass is 307 g/mol. The molecule has 2 rings (SSSR count). The van der Waals surface area contributed by atoms with Crippen LogP contribution in [0.2, 0.25) is 0 Å². The summed E-state index contributed by atoms with van der Waals surface area (Å²) in [5, 5.41) is 11.2. The van der Waals surface area contributed by atoms with Crippen LogP contribution in [0.25, 0.3) is 0 Å². The Morgan fingerprint density at radius 3 is 2.71 bits per heavy atom. The van der Waals surface area contributed by atoms with Crippen LogP contribution < -0.4 is 10.1 Å². The molecule has 1 saturated carbocycles. The minimum Gasteiger partial charge on any atom is -0.474 e. The van der Waals surface area contributed by atoms with E-state index in [2.05, 4.69) is 10.3 Å². The first-order valence-corrected chi connectivity index (χ1v) is 7.49. The van der Waals surface area contributed by atoms with Crippen molar-refractivity contribution in [2.75, 3.05) is 0 Å². The highest BCUT2D eigenvalue weighted by Crippen LogP contribution is 2.23. The Labute approximate surface area is 129 Å². The number of nitrogens with zero attached hydrogens (tertiary/aromatic N) is 2. The molecular weight excluding hydrogens is 290 g/mol. The Hall–Kier alpha value is -1.80. The van der Waals surface area contributed by atoms with Gasteiger partial charge in [0.1, 0.15) is 17.6 Å². The van der Waals surface area contributed by atoms with Crippen LogP contribution in [-0.4, -0.2) is 28.4 Å². The summed E-state index contributed by atoms with van der Waals surface area (Å²) in [6.07, 6.45) is 5.08. The SMILES string of the molecule is CC(Cl)C(=O)NC1CCC(Oc2ccc(C#N)cn2)CC1. The Balaban J connectivity index is 1.78.